The van der Waals surface area contributed by atoms with Crippen LogP contribution in [0.3, 0.4) is 0 Å². The van der Waals surface area contributed by atoms with Crippen LogP contribution in [-0.4, -0.2) is 28.5 Å². The van der Waals surface area contributed by atoms with Gasteiger partial charge in [0.2, 0.25) is 5.88 Å². The van der Waals surface area contributed by atoms with E-state index in [1.54, 1.807) is 13.2 Å². The standard InChI is InChI=1S/C10H16ClN3O/c1-7-12-8(5-9(13-7)15-4)14-10(2,3)6-11/h5H,6H2,1-4H3,(H,12,13,14). The Bertz CT molecular complexity index is 341. The van der Waals surface area contributed by atoms with Crippen LogP contribution in [0.25, 0.3) is 0 Å². The van der Waals surface area contributed by atoms with Gasteiger partial charge in [-0.15, -0.1) is 11.6 Å². The van der Waals surface area contributed by atoms with Crippen LogP contribution < -0.4 is 10.1 Å². The van der Waals surface area contributed by atoms with Gasteiger partial charge in [0.25, 0.3) is 0 Å². The highest BCUT2D eigenvalue weighted by Crippen LogP contribution is 2.18. The molecular formula is C10H16ClN3O. The topological polar surface area (TPSA) is 47.0 Å². The van der Waals surface area contributed by atoms with Crippen molar-refractivity contribution in [2.45, 2.75) is 26.3 Å². The maximum Gasteiger partial charge on any atom is 0.218 e. The summed E-state index contributed by atoms with van der Waals surface area (Å²) in [5, 5.41) is 3.22. The number of nitrogens with zero attached hydrogens (tertiary/aromatic N) is 2. The molecule has 0 atom stereocenters. The molecule has 0 bridgehead atoms. The third-order valence-electron chi connectivity index (χ3n) is 1.82. The molecular weight excluding hydrogens is 214 g/mol. The molecule has 0 fully saturated rings. The molecule has 0 saturated carbocycles. The first-order valence-corrected chi connectivity index (χ1v) is 5.24. The van der Waals surface area contributed by atoms with E-state index in [-0.39, 0.29) is 5.54 Å². The zero-order valence-electron chi connectivity index (χ0n) is 9.47. The Labute approximate surface area is 95.0 Å². The molecule has 0 aliphatic heterocycles. The van der Waals surface area contributed by atoms with Crippen molar-refractivity contribution in [2.24, 2.45) is 0 Å². The van der Waals surface area contributed by atoms with Crippen LogP contribution in [0.2, 0.25) is 0 Å². The van der Waals surface area contributed by atoms with Crippen molar-refractivity contribution in [1.82, 2.24) is 9.97 Å². The van der Waals surface area contributed by atoms with Gasteiger partial charge in [0.15, 0.2) is 0 Å². The molecule has 0 aliphatic carbocycles. The number of aromatic nitrogens is 2. The quantitative estimate of drug-likeness (QED) is 0.805. The van der Waals surface area contributed by atoms with Crippen LogP contribution >= 0.6 is 11.6 Å². The van der Waals surface area contributed by atoms with Gasteiger partial charge in [-0.2, -0.15) is 4.98 Å². The highest BCUT2D eigenvalue weighted by molar-refractivity contribution is 6.18. The van der Waals surface area contributed by atoms with Crippen LogP contribution in [0.1, 0.15) is 19.7 Å². The van der Waals surface area contributed by atoms with Crippen molar-refractivity contribution in [1.29, 1.82) is 0 Å². The van der Waals surface area contributed by atoms with Crippen LogP contribution in [0.5, 0.6) is 5.88 Å². The molecule has 0 aliphatic rings. The normalized spacial score (nSPS) is 11.3. The molecule has 0 spiro atoms. The molecule has 1 aromatic rings. The summed E-state index contributed by atoms with van der Waals surface area (Å²) in [6.07, 6.45) is 0. The third-order valence-corrected chi connectivity index (χ3v) is 2.49. The summed E-state index contributed by atoms with van der Waals surface area (Å²) in [5.41, 5.74) is -0.201. The van der Waals surface area contributed by atoms with Crippen molar-refractivity contribution in [3.05, 3.63) is 11.9 Å². The van der Waals surface area contributed by atoms with Gasteiger partial charge in [0.05, 0.1) is 7.11 Å². The molecule has 0 aromatic carbocycles. The summed E-state index contributed by atoms with van der Waals surface area (Å²) < 4.78 is 5.06. The molecule has 1 N–H and O–H groups in total. The lowest BCUT2D eigenvalue weighted by Crippen LogP contribution is -2.33. The smallest absolute Gasteiger partial charge is 0.218 e. The molecule has 0 saturated heterocycles. The SMILES string of the molecule is COc1cc(NC(C)(C)CCl)nc(C)n1. The van der Waals surface area contributed by atoms with Crippen LogP contribution in [0.15, 0.2) is 6.07 Å². The van der Waals surface area contributed by atoms with Crippen molar-refractivity contribution in [3.8, 4) is 5.88 Å². The van der Waals surface area contributed by atoms with Crippen LogP contribution in [0.4, 0.5) is 5.82 Å². The van der Waals surface area contributed by atoms with Gasteiger partial charge in [-0.05, 0) is 20.8 Å². The number of methoxy groups -OCH3 is 1. The highest BCUT2D eigenvalue weighted by Gasteiger charge is 2.16. The number of rotatable bonds is 4. The minimum atomic E-state index is -0.201. The van der Waals surface area contributed by atoms with E-state index in [1.165, 1.54) is 0 Å². The molecule has 1 rings (SSSR count). The molecule has 5 heteroatoms. The number of aryl methyl sites for hydroxylation is 1. The number of ether oxygens (including phenoxy) is 1. The van der Waals surface area contributed by atoms with E-state index in [0.717, 1.165) is 5.82 Å². The second-order valence-electron chi connectivity index (χ2n) is 3.99. The zero-order valence-corrected chi connectivity index (χ0v) is 10.2. The first-order valence-electron chi connectivity index (χ1n) is 4.70. The van der Waals surface area contributed by atoms with Crippen LogP contribution in [-0.2, 0) is 0 Å². The fourth-order valence-corrected chi connectivity index (χ4v) is 1.16. The summed E-state index contributed by atoms with van der Waals surface area (Å²) >= 11 is 5.82. The predicted molar refractivity (Wildman–Crippen MR) is 61.7 cm³/mol. The van der Waals surface area contributed by atoms with Gasteiger partial charge < -0.3 is 10.1 Å². The van der Waals surface area contributed by atoms with E-state index in [2.05, 4.69) is 15.3 Å². The average Bonchev–Trinajstić information content (AvgIpc) is 2.16. The lowest BCUT2D eigenvalue weighted by molar-refractivity contribution is 0.395. The van der Waals surface area contributed by atoms with E-state index in [4.69, 9.17) is 16.3 Å². The molecule has 4 nitrogen and oxygen atoms in total. The Morgan fingerprint density at radius 3 is 2.67 bits per heavy atom. The minimum Gasteiger partial charge on any atom is -0.481 e. The molecule has 0 radical (unpaired) electrons. The summed E-state index contributed by atoms with van der Waals surface area (Å²) in [5.74, 6) is 2.45. The van der Waals surface area contributed by atoms with Gasteiger partial charge in [-0.25, -0.2) is 4.98 Å². The summed E-state index contributed by atoms with van der Waals surface area (Å²) in [7, 11) is 1.58. The molecule has 0 amide bonds. The summed E-state index contributed by atoms with van der Waals surface area (Å²) in [4.78, 5) is 8.36. The summed E-state index contributed by atoms with van der Waals surface area (Å²) in [6, 6.07) is 1.75. The Balaban J connectivity index is 2.90. The molecule has 1 heterocycles. The second-order valence-corrected chi connectivity index (χ2v) is 4.25. The maximum atomic E-state index is 5.82. The lowest BCUT2D eigenvalue weighted by Gasteiger charge is -2.24. The molecule has 84 valence electrons. The van der Waals surface area contributed by atoms with E-state index >= 15 is 0 Å². The monoisotopic (exact) mass is 229 g/mol. The number of alkyl halides is 1. The fourth-order valence-electron chi connectivity index (χ4n) is 1.09. The maximum absolute atomic E-state index is 5.82. The van der Waals surface area contributed by atoms with Gasteiger partial charge in [-0.1, -0.05) is 0 Å². The fraction of sp³-hybridized carbons (Fsp3) is 0.600. The Morgan fingerprint density at radius 1 is 1.47 bits per heavy atom. The number of hydrogen-bond acceptors (Lipinski definition) is 4. The Kier molecular flexibility index (Phi) is 3.74. The first kappa shape index (κ1) is 12.0. The van der Waals surface area contributed by atoms with Gasteiger partial charge in [-0.3, -0.25) is 0 Å². The van der Waals surface area contributed by atoms with Crippen molar-refractivity contribution >= 4 is 17.4 Å². The van der Waals surface area contributed by atoms with E-state index < -0.39 is 0 Å². The summed E-state index contributed by atoms with van der Waals surface area (Å²) in [6.45, 7) is 5.83. The van der Waals surface area contributed by atoms with Crippen molar-refractivity contribution < 1.29 is 4.74 Å². The largest absolute Gasteiger partial charge is 0.481 e. The van der Waals surface area contributed by atoms with E-state index in [9.17, 15) is 0 Å². The highest BCUT2D eigenvalue weighted by atomic mass is 35.5. The van der Waals surface area contributed by atoms with Gasteiger partial charge >= 0.3 is 0 Å². The average molecular weight is 230 g/mol. The van der Waals surface area contributed by atoms with E-state index in [1.807, 2.05) is 20.8 Å². The number of nitrogens with one attached hydrogen (secondary N) is 1. The number of anilines is 1. The van der Waals surface area contributed by atoms with Gasteiger partial charge in [0, 0.05) is 17.5 Å². The van der Waals surface area contributed by atoms with E-state index in [0.29, 0.717) is 17.6 Å². The van der Waals surface area contributed by atoms with Crippen LogP contribution in [0, 0.1) is 6.92 Å². The predicted octanol–water partition coefficient (Wildman–Crippen LogP) is 2.22. The third kappa shape index (κ3) is 3.55. The lowest BCUT2D eigenvalue weighted by atomic mass is 10.1. The molecule has 15 heavy (non-hydrogen) atoms. The first-order chi connectivity index (χ1) is 6.96. The number of halogens is 1. The number of hydrogen-bond donors (Lipinski definition) is 1. The Hall–Kier alpha value is -1.03. The van der Waals surface area contributed by atoms with Gasteiger partial charge in [0.1, 0.15) is 11.6 Å². The molecule has 1 aromatic heterocycles. The molecule has 0 unspecified atom stereocenters. The van der Waals surface area contributed by atoms with Crippen molar-refractivity contribution in [2.75, 3.05) is 18.3 Å². The minimum absolute atomic E-state index is 0.201. The Morgan fingerprint density at radius 2 is 2.13 bits per heavy atom. The second kappa shape index (κ2) is 4.66. The zero-order chi connectivity index (χ0) is 11.5. The van der Waals surface area contributed by atoms with Crippen molar-refractivity contribution in [3.63, 3.8) is 0 Å².